The SMILES string of the molecule is COCCS(=O)(=O)N1CCC(NC(=O)c2csc(C)n2)CC1. The third-order valence-corrected chi connectivity index (χ3v) is 6.19. The lowest BCUT2D eigenvalue weighted by Gasteiger charge is -2.31. The molecule has 2 rings (SSSR count). The number of amides is 1. The second-order valence-electron chi connectivity index (χ2n) is 5.21. The predicted octanol–water partition coefficient (Wildman–Crippen LogP) is 0.622. The molecule has 1 amide bonds. The molecular formula is C13H21N3O4S2. The molecule has 1 aromatic rings. The minimum atomic E-state index is -3.26. The third-order valence-electron chi connectivity index (χ3n) is 3.58. The number of hydrogen-bond acceptors (Lipinski definition) is 6. The van der Waals surface area contributed by atoms with Crippen molar-refractivity contribution >= 4 is 27.3 Å². The van der Waals surface area contributed by atoms with E-state index in [1.807, 2.05) is 6.92 Å². The Morgan fingerprint density at radius 2 is 2.18 bits per heavy atom. The minimum absolute atomic E-state index is 0.00136. The smallest absolute Gasteiger partial charge is 0.270 e. The van der Waals surface area contributed by atoms with Crippen molar-refractivity contribution < 1.29 is 17.9 Å². The van der Waals surface area contributed by atoms with E-state index in [2.05, 4.69) is 10.3 Å². The van der Waals surface area contributed by atoms with Crippen LogP contribution in [0.4, 0.5) is 0 Å². The van der Waals surface area contributed by atoms with E-state index in [9.17, 15) is 13.2 Å². The van der Waals surface area contributed by atoms with Crippen LogP contribution in [0, 0.1) is 6.92 Å². The molecule has 1 fully saturated rings. The quantitative estimate of drug-likeness (QED) is 0.815. The van der Waals surface area contributed by atoms with Crippen LogP contribution >= 0.6 is 11.3 Å². The van der Waals surface area contributed by atoms with E-state index in [0.717, 1.165) is 5.01 Å². The number of nitrogens with zero attached hydrogens (tertiary/aromatic N) is 2. The third kappa shape index (κ3) is 4.48. The molecule has 0 atom stereocenters. The fraction of sp³-hybridized carbons (Fsp3) is 0.692. The summed E-state index contributed by atoms with van der Waals surface area (Å²) in [5.41, 5.74) is 0.428. The predicted molar refractivity (Wildman–Crippen MR) is 84.6 cm³/mol. The first-order valence-corrected chi connectivity index (χ1v) is 9.61. The Morgan fingerprint density at radius 1 is 1.50 bits per heavy atom. The molecule has 0 bridgehead atoms. The Hall–Kier alpha value is -1.03. The highest BCUT2D eigenvalue weighted by Crippen LogP contribution is 2.15. The molecule has 0 unspecified atom stereocenters. The molecule has 0 saturated carbocycles. The molecule has 1 saturated heterocycles. The highest BCUT2D eigenvalue weighted by molar-refractivity contribution is 7.89. The summed E-state index contributed by atoms with van der Waals surface area (Å²) in [5.74, 6) is -0.191. The van der Waals surface area contributed by atoms with Gasteiger partial charge in [-0.2, -0.15) is 0 Å². The van der Waals surface area contributed by atoms with Gasteiger partial charge in [-0.3, -0.25) is 4.79 Å². The molecule has 0 radical (unpaired) electrons. The standard InChI is InChI=1S/C13H21N3O4S2/c1-10-14-12(9-21-10)13(17)15-11-3-5-16(6-4-11)22(18,19)8-7-20-2/h9,11H,3-8H2,1-2H3,(H,15,17). The summed E-state index contributed by atoms with van der Waals surface area (Å²) in [4.78, 5) is 16.2. The molecule has 9 heteroatoms. The number of ether oxygens (including phenoxy) is 1. The van der Waals surface area contributed by atoms with Gasteiger partial charge in [0.1, 0.15) is 5.69 Å². The molecule has 2 heterocycles. The van der Waals surface area contributed by atoms with Crippen LogP contribution in [0.2, 0.25) is 0 Å². The Kier molecular flexibility index (Phi) is 5.90. The van der Waals surface area contributed by atoms with Gasteiger partial charge in [-0.25, -0.2) is 17.7 Å². The Bertz CT molecular complexity index is 607. The fourth-order valence-corrected chi connectivity index (χ4v) is 4.32. The van der Waals surface area contributed by atoms with Crippen molar-refractivity contribution in [3.63, 3.8) is 0 Å². The molecule has 7 nitrogen and oxygen atoms in total. The highest BCUT2D eigenvalue weighted by atomic mass is 32.2. The zero-order chi connectivity index (χ0) is 16.2. The largest absolute Gasteiger partial charge is 0.384 e. The molecule has 0 aliphatic carbocycles. The summed E-state index contributed by atoms with van der Waals surface area (Å²) >= 11 is 1.43. The van der Waals surface area contributed by atoms with Crippen LogP contribution in [0.15, 0.2) is 5.38 Å². The number of aryl methyl sites for hydroxylation is 1. The minimum Gasteiger partial charge on any atom is -0.384 e. The molecule has 124 valence electrons. The van der Waals surface area contributed by atoms with Crippen molar-refractivity contribution in [1.29, 1.82) is 0 Å². The molecule has 0 aromatic carbocycles. The van der Waals surface area contributed by atoms with Gasteiger partial charge in [0.15, 0.2) is 0 Å². The van der Waals surface area contributed by atoms with Crippen molar-refractivity contribution in [3.05, 3.63) is 16.1 Å². The van der Waals surface area contributed by atoms with Crippen LogP contribution in [0.25, 0.3) is 0 Å². The van der Waals surface area contributed by atoms with E-state index >= 15 is 0 Å². The summed E-state index contributed by atoms with van der Waals surface area (Å²) in [7, 11) is -1.78. The number of piperidine rings is 1. The molecule has 1 aliphatic rings. The van der Waals surface area contributed by atoms with E-state index in [-0.39, 0.29) is 24.3 Å². The van der Waals surface area contributed by atoms with E-state index in [4.69, 9.17) is 4.74 Å². The summed E-state index contributed by atoms with van der Waals surface area (Å²) in [5, 5.41) is 5.50. The van der Waals surface area contributed by atoms with Crippen LogP contribution in [-0.4, -0.2) is 62.2 Å². The maximum atomic E-state index is 12.0. The van der Waals surface area contributed by atoms with Crippen molar-refractivity contribution in [2.24, 2.45) is 0 Å². The zero-order valence-corrected chi connectivity index (χ0v) is 14.4. The number of sulfonamides is 1. The van der Waals surface area contributed by atoms with Gasteiger partial charge in [-0.1, -0.05) is 0 Å². The van der Waals surface area contributed by atoms with Gasteiger partial charge in [0.25, 0.3) is 5.91 Å². The van der Waals surface area contributed by atoms with Gasteiger partial charge in [0, 0.05) is 31.6 Å². The van der Waals surface area contributed by atoms with E-state index < -0.39 is 10.0 Å². The van der Waals surface area contributed by atoms with Crippen LogP contribution in [0.3, 0.4) is 0 Å². The second kappa shape index (κ2) is 7.49. The molecule has 1 aliphatic heterocycles. The van der Waals surface area contributed by atoms with Gasteiger partial charge >= 0.3 is 0 Å². The number of rotatable bonds is 6. The fourth-order valence-electron chi connectivity index (χ4n) is 2.32. The molecular weight excluding hydrogens is 326 g/mol. The molecule has 22 heavy (non-hydrogen) atoms. The van der Waals surface area contributed by atoms with Gasteiger partial charge in [-0.05, 0) is 19.8 Å². The van der Waals surface area contributed by atoms with Gasteiger partial charge < -0.3 is 10.1 Å². The van der Waals surface area contributed by atoms with Crippen molar-refractivity contribution in [3.8, 4) is 0 Å². The molecule has 1 aromatic heterocycles. The first-order chi connectivity index (χ1) is 10.4. The summed E-state index contributed by atoms with van der Waals surface area (Å²) in [6.07, 6.45) is 1.22. The maximum absolute atomic E-state index is 12.0. The van der Waals surface area contributed by atoms with Gasteiger partial charge in [0.05, 0.1) is 17.4 Å². The van der Waals surface area contributed by atoms with Gasteiger partial charge in [-0.15, -0.1) is 11.3 Å². The number of thiazole rings is 1. The maximum Gasteiger partial charge on any atom is 0.270 e. The van der Waals surface area contributed by atoms with Crippen molar-refractivity contribution in [2.45, 2.75) is 25.8 Å². The average Bonchev–Trinajstić information content (AvgIpc) is 2.92. The summed E-state index contributed by atoms with van der Waals surface area (Å²) in [6, 6.07) is -0.0108. The van der Waals surface area contributed by atoms with Crippen molar-refractivity contribution in [2.75, 3.05) is 32.6 Å². The zero-order valence-electron chi connectivity index (χ0n) is 12.7. The lowest BCUT2D eigenvalue weighted by Crippen LogP contribution is -2.47. The summed E-state index contributed by atoms with van der Waals surface area (Å²) < 4.78 is 30.4. The second-order valence-corrected chi connectivity index (χ2v) is 8.36. The van der Waals surface area contributed by atoms with E-state index in [1.165, 1.54) is 22.8 Å². The van der Waals surface area contributed by atoms with Crippen LogP contribution in [0.5, 0.6) is 0 Å². The first kappa shape index (κ1) is 17.3. The van der Waals surface area contributed by atoms with Gasteiger partial charge in [0.2, 0.25) is 10.0 Å². The Morgan fingerprint density at radius 3 is 2.73 bits per heavy atom. The highest BCUT2D eigenvalue weighted by Gasteiger charge is 2.28. The number of aromatic nitrogens is 1. The first-order valence-electron chi connectivity index (χ1n) is 7.12. The van der Waals surface area contributed by atoms with Crippen LogP contribution in [-0.2, 0) is 14.8 Å². The number of nitrogens with one attached hydrogen (secondary N) is 1. The number of hydrogen-bond donors (Lipinski definition) is 1. The monoisotopic (exact) mass is 347 g/mol. The van der Waals surface area contributed by atoms with Crippen LogP contribution < -0.4 is 5.32 Å². The topological polar surface area (TPSA) is 88.6 Å². The Balaban J connectivity index is 1.83. The number of carbonyl (C=O) groups is 1. The normalized spacial score (nSPS) is 17.5. The van der Waals surface area contributed by atoms with Crippen LogP contribution in [0.1, 0.15) is 28.3 Å². The molecule has 1 N–H and O–H groups in total. The van der Waals surface area contributed by atoms with Crippen molar-refractivity contribution in [1.82, 2.24) is 14.6 Å². The summed E-state index contributed by atoms with van der Waals surface area (Å²) in [6.45, 7) is 2.90. The lowest BCUT2D eigenvalue weighted by atomic mass is 10.1. The molecule has 0 spiro atoms. The number of methoxy groups -OCH3 is 1. The van der Waals surface area contributed by atoms with E-state index in [1.54, 1.807) is 5.38 Å². The average molecular weight is 347 g/mol. The van der Waals surface area contributed by atoms with E-state index in [0.29, 0.717) is 31.6 Å². The Labute approximate surface area is 134 Å². The number of carbonyl (C=O) groups excluding carboxylic acids is 1. The lowest BCUT2D eigenvalue weighted by molar-refractivity contribution is 0.0919.